The van der Waals surface area contributed by atoms with Gasteiger partial charge in [0.15, 0.2) is 4.77 Å². The summed E-state index contributed by atoms with van der Waals surface area (Å²) in [6.45, 7) is 2.12. The highest BCUT2D eigenvalue weighted by Gasteiger charge is 2.25. The molecule has 0 spiro atoms. The fourth-order valence-corrected chi connectivity index (χ4v) is 1.49. The van der Waals surface area contributed by atoms with E-state index in [2.05, 4.69) is 4.98 Å². The van der Waals surface area contributed by atoms with Gasteiger partial charge >= 0.3 is 6.18 Å². The number of imidazole rings is 1. The predicted octanol–water partition coefficient (Wildman–Crippen LogP) is 3.20. The lowest BCUT2D eigenvalue weighted by Crippen LogP contribution is -2.09. The third-order valence-electron chi connectivity index (χ3n) is 1.77. The average molecular weight is 224 g/mol. The fraction of sp³-hybridized carbons (Fsp3) is 0.625. The van der Waals surface area contributed by atoms with Gasteiger partial charge in [-0.05, 0) is 25.6 Å². The van der Waals surface area contributed by atoms with Crippen LogP contribution in [-0.4, -0.2) is 15.7 Å². The zero-order valence-corrected chi connectivity index (χ0v) is 8.50. The van der Waals surface area contributed by atoms with Gasteiger partial charge in [-0.3, -0.25) is 0 Å². The molecule has 0 aliphatic rings. The normalized spacial score (nSPS) is 12.0. The number of nitrogens with one attached hydrogen (secondary N) is 1. The van der Waals surface area contributed by atoms with Crippen molar-refractivity contribution in [2.24, 2.45) is 0 Å². The first-order valence-electron chi connectivity index (χ1n) is 4.21. The maximum absolute atomic E-state index is 11.8. The molecule has 80 valence electrons. The van der Waals surface area contributed by atoms with Crippen LogP contribution in [0, 0.1) is 11.7 Å². The summed E-state index contributed by atoms with van der Waals surface area (Å²) in [5.74, 6) is 0. The van der Waals surface area contributed by atoms with Crippen LogP contribution in [0.1, 0.15) is 18.5 Å². The quantitative estimate of drug-likeness (QED) is 0.782. The number of rotatable bonds is 3. The molecular formula is C8H11F3N2S. The van der Waals surface area contributed by atoms with Gasteiger partial charge < -0.3 is 9.55 Å². The van der Waals surface area contributed by atoms with E-state index in [1.165, 1.54) is 0 Å². The standard InChI is InChI=1S/C8H11F3N2S/c1-6-5-13(7(14)12-6)4-2-3-8(9,10)11/h5H,2-4H2,1H3,(H,12,14). The van der Waals surface area contributed by atoms with Gasteiger partial charge in [0, 0.05) is 24.9 Å². The number of aromatic amines is 1. The van der Waals surface area contributed by atoms with E-state index >= 15 is 0 Å². The zero-order chi connectivity index (χ0) is 10.8. The van der Waals surface area contributed by atoms with E-state index in [9.17, 15) is 13.2 Å². The number of aromatic nitrogens is 2. The molecule has 0 amide bonds. The summed E-state index contributed by atoms with van der Waals surface area (Å²) in [7, 11) is 0. The van der Waals surface area contributed by atoms with Gasteiger partial charge in [0.25, 0.3) is 0 Å². The minimum Gasteiger partial charge on any atom is -0.335 e. The molecule has 0 bridgehead atoms. The van der Waals surface area contributed by atoms with Crippen molar-refractivity contribution in [2.45, 2.75) is 32.5 Å². The molecule has 0 saturated heterocycles. The van der Waals surface area contributed by atoms with Crippen LogP contribution in [0.4, 0.5) is 13.2 Å². The van der Waals surface area contributed by atoms with Crippen LogP contribution in [-0.2, 0) is 6.54 Å². The van der Waals surface area contributed by atoms with Gasteiger partial charge in [-0.2, -0.15) is 13.2 Å². The minimum absolute atomic E-state index is 0.0646. The largest absolute Gasteiger partial charge is 0.389 e. The topological polar surface area (TPSA) is 20.7 Å². The summed E-state index contributed by atoms with van der Waals surface area (Å²) < 4.78 is 37.6. The highest BCUT2D eigenvalue weighted by Crippen LogP contribution is 2.21. The third-order valence-corrected chi connectivity index (χ3v) is 2.11. The smallest absolute Gasteiger partial charge is 0.335 e. The Morgan fingerprint density at radius 3 is 2.57 bits per heavy atom. The van der Waals surface area contributed by atoms with E-state index in [0.717, 1.165) is 5.69 Å². The number of hydrogen-bond acceptors (Lipinski definition) is 1. The lowest BCUT2D eigenvalue weighted by Gasteiger charge is -2.05. The molecule has 2 nitrogen and oxygen atoms in total. The molecule has 1 aromatic heterocycles. The van der Waals surface area contributed by atoms with Crippen LogP contribution in [0.3, 0.4) is 0 Å². The summed E-state index contributed by atoms with van der Waals surface area (Å²) in [6.07, 6.45) is -3.06. The van der Waals surface area contributed by atoms with Crippen LogP contribution < -0.4 is 0 Å². The van der Waals surface area contributed by atoms with Crippen molar-refractivity contribution in [3.05, 3.63) is 16.7 Å². The second-order valence-electron chi connectivity index (χ2n) is 3.15. The number of hydrogen-bond donors (Lipinski definition) is 1. The molecule has 1 heterocycles. The first-order chi connectivity index (χ1) is 6.38. The summed E-state index contributed by atoms with van der Waals surface area (Å²) in [5.41, 5.74) is 0.863. The van der Waals surface area contributed by atoms with Crippen LogP contribution in [0.25, 0.3) is 0 Å². The van der Waals surface area contributed by atoms with Crippen LogP contribution >= 0.6 is 12.2 Å². The Kier molecular flexibility index (Phi) is 3.36. The van der Waals surface area contributed by atoms with E-state index < -0.39 is 12.6 Å². The average Bonchev–Trinajstić information content (AvgIpc) is 2.27. The Bertz CT molecular complexity index is 350. The highest BCUT2D eigenvalue weighted by molar-refractivity contribution is 7.71. The zero-order valence-electron chi connectivity index (χ0n) is 7.69. The second-order valence-corrected chi connectivity index (χ2v) is 3.54. The monoisotopic (exact) mass is 224 g/mol. The number of nitrogens with zero attached hydrogens (tertiary/aromatic N) is 1. The van der Waals surface area contributed by atoms with Gasteiger partial charge in [0.1, 0.15) is 0 Å². The molecule has 0 fully saturated rings. The van der Waals surface area contributed by atoms with Crippen molar-refractivity contribution >= 4 is 12.2 Å². The molecule has 6 heteroatoms. The first-order valence-corrected chi connectivity index (χ1v) is 4.62. The van der Waals surface area contributed by atoms with Crippen LogP contribution in [0.15, 0.2) is 6.20 Å². The molecule has 1 rings (SSSR count). The van der Waals surface area contributed by atoms with E-state index in [0.29, 0.717) is 11.3 Å². The second kappa shape index (κ2) is 4.16. The van der Waals surface area contributed by atoms with Gasteiger partial charge in [0.2, 0.25) is 0 Å². The summed E-state index contributed by atoms with van der Waals surface area (Å²) >= 11 is 4.91. The molecule has 1 aromatic rings. The molecule has 0 aliphatic heterocycles. The van der Waals surface area contributed by atoms with Gasteiger partial charge in [-0.15, -0.1) is 0 Å². The lowest BCUT2D eigenvalue weighted by molar-refractivity contribution is -0.135. The Morgan fingerprint density at radius 1 is 1.50 bits per heavy atom. The van der Waals surface area contributed by atoms with Crippen molar-refractivity contribution in [1.82, 2.24) is 9.55 Å². The third kappa shape index (κ3) is 3.53. The number of H-pyrrole nitrogens is 1. The SMILES string of the molecule is Cc1cn(CCCC(F)(F)F)c(=S)[nH]1. The van der Waals surface area contributed by atoms with Crippen molar-refractivity contribution in [3.63, 3.8) is 0 Å². The van der Waals surface area contributed by atoms with Gasteiger partial charge in [-0.25, -0.2) is 0 Å². The summed E-state index contributed by atoms with van der Waals surface area (Å²) in [4.78, 5) is 2.85. The molecule has 14 heavy (non-hydrogen) atoms. The molecule has 0 aromatic carbocycles. The summed E-state index contributed by atoms with van der Waals surface area (Å²) in [6, 6.07) is 0. The maximum atomic E-state index is 11.8. The molecule has 0 unspecified atom stereocenters. The Morgan fingerprint density at radius 2 is 2.14 bits per heavy atom. The predicted molar refractivity (Wildman–Crippen MR) is 49.6 cm³/mol. The Hall–Kier alpha value is -0.780. The van der Waals surface area contributed by atoms with Crippen molar-refractivity contribution in [2.75, 3.05) is 0 Å². The van der Waals surface area contributed by atoms with E-state index in [-0.39, 0.29) is 6.42 Å². The maximum Gasteiger partial charge on any atom is 0.389 e. The molecular weight excluding hydrogens is 213 g/mol. The fourth-order valence-electron chi connectivity index (χ4n) is 1.18. The van der Waals surface area contributed by atoms with Crippen LogP contribution in [0.5, 0.6) is 0 Å². The van der Waals surface area contributed by atoms with Gasteiger partial charge in [0.05, 0.1) is 0 Å². The Labute approximate surface area is 84.8 Å². The number of halogens is 3. The minimum atomic E-state index is -4.08. The number of aryl methyl sites for hydroxylation is 2. The first kappa shape index (κ1) is 11.3. The van der Waals surface area contributed by atoms with E-state index in [1.807, 2.05) is 6.92 Å². The van der Waals surface area contributed by atoms with E-state index in [4.69, 9.17) is 12.2 Å². The highest BCUT2D eigenvalue weighted by atomic mass is 32.1. The van der Waals surface area contributed by atoms with Crippen molar-refractivity contribution < 1.29 is 13.2 Å². The molecule has 0 atom stereocenters. The lowest BCUT2D eigenvalue weighted by atomic mass is 10.3. The van der Waals surface area contributed by atoms with Crippen molar-refractivity contribution in [1.29, 1.82) is 0 Å². The molecule has 0 radical (unpaired) electrons. The molecule has 1 N–H and O–H groups in total. The summed E-state index contributed by atoms with van der Waals surface area (Å²) in [5, 5.41) is 0. The van der Waals surface area contributed by atoms with Crippen molar-refractivity contribution in [3.8, 4) is 0 Å². The van der Waals surface area contributed by atoms with Crippen LogP contribution in [0.2, 0.25) is 0 Å². The Balaban J connectivity index is 2.47. The molecule has 0 aliphatic carbocycles. The van der Waals surface area contributed by atoms with E-state index in [1.54, 1.807) is 10.8 Å². The van der Waals surface area contributed by atoms with Gasteiger partial charge in [-0.1, -0.05) is 0 Å². The molecule has 0 saturated carbocycles. The number of alkyl halides is 3.